The Kier molecular flexibility index (Phi) is 2.51. The third-order valence-electron chi connectivity index (χ3n) is 3.88. The van der Waals surface area contributed by atoms with Gasteiger partial charge in [0, 0.05) is 23.3 Å². The molecule has 2 heterocycles. The molecule has 0 fully saturated rings. The van der Waals surface area contributed by atoms with E-state index in [1.807, 2.05) is 35.4 Å². The topological polar surface area (TPSA) is 40.0 Å². The minimum absolute atomic E-state index is 0.306. The molecular weight excluding hydrogens is 265 g/mol. The number of nitrogens with zero attached hydrogens (tertiary/aromatic N) is 2. The number of benzene rings is 2. The Bertz CT molecular complexity index is 868. The van der Waals surface area contributed by atoms with Gasteiger partial charge in [0.25, 0.3) is 0 Å². The Morgan fingerprint density at radius 1 is 1.14 bits per heavy atom. The van der Waals surface area contributed by atoms with E-state index in [-0.39, 0.29) is 5.82 Å². The van der Waals surface area contributed by atoms with E-state index < -0.39 is 0 Å². The highest BCUT2D eigenvalue weighted by Gasteiger charge is 2.26. The van der Waals surface area contributed by atoms with E-state index >= 15 is 0 Å². The van der Waals surface area contributed by atoms with E-state index in [0.717, 1.165) is 22.0 Å². The van der Waals surface area contributed by atoms with Crippen LogP contribution >= 0.6 is 0 Å². The summed E-state index contributed by atoms with van der Waals surface area (Å²) in [5, 5.41) is 10.4. The van der Waals surface area contributed by atoms with Crippen LogP contribution in [0.15, 0.2) is 54.9 Å². The Morgan fingerprint density at radius 2 is 2.05 bits per heavy atom. The summed E-state index contributed by atoms with van der Waals surface area (Å²) >= 11 is 0. The van der Waals surface area contributed by atoms with Gasteiger partial charge >= 0.3 is 0 Å². The number of hydrogen-bond donors (Lipinski definition) is 1. The lowest BCUT2D eigenvalue weighted by molar-refractivity contribution is 0.627. The van der Waals surface area contributed by atoms with Gasteiger partial charge in [0.05, 0.1) is 12.2 Å². The van der Waals surface area contributed by atoms with E-state index in [4.69, 9.17) is 5.41 Å². The fourth-order valence-corrected chi connectivity index (χ4v) is 2.84. The van der Waals surface area contributed by atoms with Crippen LogP contribution in [-0.4, -0.2) is 10.8 Å². The van der Waals surface area contributed by atoms with Gasteiger partial charge in [-0.25, -0.2) is 4.39 Å². The number of rotatable bonds is 1. The van der Waals surface area contributed by atoms with Crippen molar-refractivity contribution in [3.8, 4) is 0 Å². The van der Waals surface area contributed by atoms with Gasteiger partial charge in [-0.05, 0) is 35.2 Å². The maximum Gasteiger partial charge on any atom is 0.133 e. The largest absolute Gasteiger partial charge is 0.321 e. The first-order valence-electron chi connectivity index (χ1n) is 6.72. The average Bonchev–Trinajstić information content (AvgIpc) is 2.83. The lowest BCUT2D eigenvalue weighted by Crippen LogP contribution is -2.23. The van der Waals surface area contributed by atoms with Crippen LogP contribution in [0.5, 0.6) is 0 Å². The fourth-order valence-electron chi connectivity index (χ4n) is 2.84. The summed E-state index contributed by atoms with van der Waals surface area (Å²) in [5.74, 6) is 0.0285. The molecule has 0 spiro atoms. The number of fused-ring (bicyclic) bond motifs is 2. The van der Waals surface area contributed by atoms with Crippen molar-refractivity contribution < 1.29 is 4.39 Å². The van der Waals surface area contributed by atoms with Crippen molar-refractivity contribution in [2.45, 2.75) is 6.54 Å². The van der Waals surface area contributed by atoms with Crippen molar-refractivity contribution in [3.05, 3.63) is 71.8 Å². The second kappa shape index (κ2) is 4.38. The average molecular weight is 277 g/mol. The molecule has 0 saturated heterocycles. The van der Waals surface area contributed by atoms with Crippen molar-refractivity contribution in [1.29, 1.82) is 5.41 Å². The van der Waals surface area contributed by atoms with Gasteiger partial charge in [0.2, 0.25) is 0 Å². The maximum absolute atomic E-state index is 13.4. The highest BCUT2D eigenvalue weighted by atomic mass is 19.1. The summed E-state index contributed by atoms with van der Waals surface area (Å²) in [7, 11) is 0. The van der Waals surface area contributed by atoms with Crippen LogP contribution in [0.1, 0.15) is 11.1 Å². The Balaban J connectivity index is 1.87. The molecule has 0 atom stereocenters. The molecule has 2 aromatic carbocycles. The Labute approximate surface area is 121 Å². The first kappa shape index (κ1) is 12.0. The third kappa shape index (κ3) is 1.80. The highest BCUT2D eigenvalue weighted by Crippen LogP contribution is 2.33. The van der Waals surface area contributed by atoms with Gasteiger partial charge < -0.3 is 4.90 Å². The summed E-state index contributed by atoms with van der Waals surface area (Å²) in [6.07, 6.45) is 3.56. The number of nitrogens with one attached hydrogen (secondary N) is 1. The van der Waals surface area contributed by atoms with E-state index in [0.29, 0.717) is 17.9 Å². The molecule has 4 rings (SSSR count). The zero-order valence-corrected chi connectivity index (χ0v) is 11.2. The maximum atomic E-state index is 13.4. The molecule has 0 bridgehead atoms. The first-order chi connectivity index (χ1) is 10.2. The van der Waals surface area contributed by atoms with Crippen LogP contribution in [0.3, 0.4) is 0 Å². The number of hydrogen-bond acceptors (Lipinski definition) is 2. The summed E-state index contributed by atoms with van der Waals surface area (Å²) in [6.45, 7) is 0.586. The molecule has 1 aromatic heterocycles. The number of pyridine rings is 1. The summed E-state index contributed by atoms with van der Waals surface area (Å²) < 4.78 is 13.4. The Morgan fingerprint density at radius 3 is 2.95 bits per heavy atom. The van der Waals surface area contributed by atoms with Crippen LogP contribution in [-0.2, 0) is 6.54 Å². The highest BCUT2D eigenvalue weighted by molar-refractivity contribution is 6.15. The lowest BCUT2D eigenvalue weighted by atomic mass is 10.1. The zero-order valence-electron chi connectivity index (χ0n) is 11.2. The van der Waals surface area contributed by atoms with Crippen molar-refractivity contribution in [3.63, 3.8) is 0 Å². The quantitative estimate of drug-likeness (QED) is 0.736. The minimum atomic E-state index is -0.306. The minimum Gasteiger partial charge on any atom is -0.321 e. The molecule has 0 saturated carbocycles. The van der Waals surface area contributed by atoms with Gasteiger partial charge in [-0.3, -0.25) is 10.4 Å². The van der Waals surface area contributed by atoms with E-state index in [9.17, 15) is 4.39 Å². The van der Waals surface area contributed by atoms with Crippen LogP contribution in [0.25, 0.3) is 10.8 Å². The number of amidine groups is 1. The molecule has 4 heteroatoms. The van der Waals surface area contributed by atoms with E-state index in [1.54, 1.807) is 12.3 Å². The molecule has 1 aliphatic heterocycles. The Hall–Kier alpha value is -2.75. The van der Waals surface area contributed by atoms with Crippen LogP contribution < -0.4 is 4.90 Å². The standard InChI is InChI=1S/C17H12FN3/c18-13-5-4-12-10-21(17(19)14(12)8-13)16-3-1-2-11-6-7-20-9-15(11)16/h1-9,19H,10H2. The van der Waals surface area contributed by atoms with Crippen molar-refractivity contribution in [2.75, 3.05) is 4.90 Å². The van der Waals surface area contributed by atoms with Crippen molar-refractivity contribution in [1.82, 2.24) is 4.98 Å². The van der Waals surface area contributed by atoms with E-state index in [1.165, 1.54) is 12.1 Å². The molecule has 1 aliphatic rings. The van der Waals surface area contributed by atoms with Gasteiger partial charge in [-0.15, -0.1) is 0 Å². The molecule has 3 nitrogen and oxygen atoms in total. The second-order valence-electron chi connectivity index (χ2n) is 5.11. The van der Waals surface area contributed by atoms with Crippen molar-refractivity contribution >= 4 is 22.3 Å². The number of anilines is 1. The zero-order chi connectivity index (χ0) is 14.4. The molecule has 0 aliphatic carbocycles. The normalized spacial score (nSPS) is 13.8. The summed E-state index contributed by atoms with van der Waals surface area (Å²) in [6, 6.07) is 12.5. The van der Waals surface area contributed by atoms with E-state index in [2.05, 4.69) is 4.98 Å². The molecule has 3 aromatic rings. The molecular formula is C17H12FN3. The lowest BCUT2D eigenvalue weighted by Gasteiger charge is -2.19. The monoisotopic (exact) mass is 277 g/mol. The number of aromatic nitrogens is 1. The molecule has 0 amide bonds. The van der Waals surface area contributed by atoms with Crippen LogP contribution in [0.2, 0.25) is 0 Å². The van der Waals surface area contributed by atoms with Crippen LogP contribution in [0.4, 0.5) is 10.1 Å². The summed E-state index contributed by atoms with van der Waals surface area (Å²) in [4.78, 5) is 6.07. The molecule has 0 radical (unpaired) electrons. The molecule has 102 valence electrons. The molecule has 0 unspecified atom stereocenters. The molecule has 1 N–H and O–H groups in total. The smallest absolute Gasteiger partial charge is 0.133 e. The summed E-state index contributed by atoms with van der Waals surface area (Å²) in [5.41, 5.74) is 2.57. The van der Waals surface area contributed by atoms with Crippen molar-refractivity contribution in [2.24, 2.45) is 0 Å². The predicted molar refractivity (Wildman–Crippen MR) is 81.2 cm³/mol. The SMILES string of the molecule is N=C1c2cc(F)ccc2CN1c1cccc2ccncc12. The van der Waals surface area contributed by atoms with Gasteiger partial charge in [-0.1, -0.05) is 18.2 Å². The molecule has 21 heavy (non-hydrogen) atoms. The second-order valence-corrected chi connectivity index (χ2v) is 5.11. The van der Waals surface area contributed by atoms with Gasteiger partial charge in [0.1, 0.15) is 11.7 Å². The fraction of sp³-hybridized carbons (Fsp3) is 0.0588. The van der Waals surface area contributed by atoms with Gasteiger partial charge in [0.15, 0.2) is 0 Å². The van der Waals surface area contributed by atoms with Crippen LogP contribution in [0, 0.1) is 11.2 Å². The van der Waals surface area contributed by atoms with Gasteiger partial charge in [-0.2, -0.15) is 0 Å². The first-order valence-corrected chi connectivity index (χ1v) is 6.72. The number of halogens is 1. The predicted octanol–water partition coefficient (Wildman–Crippen LogP) is 3.72. The third-order valence-corrected chi connectivity index (χ3v) is 3.88.